The van der Waals surface area contributed by atoms with E-state index in [4.69, 9.17) is 9.94 Å². The highest BCUT2D eigenvalue weighted by atomic mass is 16.5. The van der Waals surface area contributed by atoms with Gasteiger partial charge in [0, 0.05) is 18.4 Å². The van der Waals surface area contributed by atoms with Gasteiger partial charge in [0.15, 0.2) is 0 Å². The van der Waals surface area contributed by atoms with E-state index in [1.54, 1.807) is 6.33 Å². The first-order valence-corrected chi connectivity index (χ1v) is 8.93. The van der Waals surface area contributed by atoms with Gasteiger partial charge in [-0.25, -0.2) is 4.98 Å². The highest BCUT2D eigenvalue weighted by Crippen LogP contribution is 2.21. The zero-order valence-corrected chi connectivity index (χ0v) is 14.5. The van der Waals surface area contributed by atoms with E-state index in [-0.39, 0.29) is 0 Å². The van der Waals surface area contributed by atoms with Gasteiger partial charge in [-0.3, -0.25) is 0 Å². The number of hydrogen-bond acceptors (Lipinski definition) is 5. The molecule has 1 aliphatic heterocycles. The third-order valence-electron chi connectivity index (χ3n) is 4.74. The molecule has 2 aromatic rings. The molecule has 1 aromatic heterocycles. The van der Waals surface area contributed by atoms with Gasteiger partial charge in [-0.2, -0.15) is 0 Å². The fourth-order valence-corrected chi connectivity index (χ4v) is 3.32. The fraction of sp³-hybridized carbons (Fsp3) is 0.474. The van der Waals surface area contributed by atoms with Gasteiger partial charge in [-0.1, -0.05) is 5.16 Å². The SMILES string of the molecule is O/N=C/c1ccc(OCCCN2CCC(Cc3cnc[nH]3)CC2)cc1. The Morgan fingerprint density at radius 1 is 1.28 bits per heavy atom. The van der Waals surface area contributed by atoms with Gasteiger partial charge in [0.05, 0.1) is 19.1 Å². The van der Waals surface area contributed by atoms with Gasteiger partial charge in [0.1, 0.15) is 5.75 Å². The van der Waals surface area contributed by atoms with Crippen LogP contribution in [0.25, 0.3) is 0 Å². The van der Waals surface area contributed by atoms with Gasteiger partial charge in [0.2, 0.25) is 0 Å². The van der Waals surface area contributed by atoms with Crippen molar-refractivity contribution in [3.05, 3.63) is 48.0 Å². The lowest BCUT2D eigenvalue weighted by Crippen LogP contribution is -2.35. The number of rotatable bonds is 8. The lowest BCUT2D eigenvalue weighted by molar-refractivity contribution is 0.170. The van der Waals surface area contributed by atoms with E-state index < -0.39 is 0 Å². The first-order valence-electron chi connectivity index (χ1n) is 8.93. The van der Waals surface area contributed by atoms with Crippen LogP contribution in [0.1, 0.15) is 30.5 Å². The van der Waals surface area contributed by atoms with Crippen LogP contribution in [0.2, 0.25) is 0 Å². The van der Waals surface area contributed by atoms with Crippen LogP contribution in [0.4, 0.5) is 0 Å². The van der Waals surface area contributed by atoms with E-state index >= 15 is 0 Å². The molecule has 0 spiro atoms. The van der Waals surface area contributed by atoms with Gasteiger partial charge < -0.3 is 19.8 Å². The summed E-state index contributed by atoms with van der Waals surface area (Å²) >= 11 is 0. The molecule has 6 heteroatoms. The summed E-state index contributed by atoms with van der Waals surface area (Å²) in [6, 6.07) is 7.55. The summed E-state index contributed by atoms with van der Waals surface area (Å²) in [5.41, 5.74) is 2.11. The number of aromatic nitrogens is 2. The maximum atomic E-state index is 8.50. The molecule has 0 amide bonds. The summed E-state index contributed by atoms with van der Waals surface area (Å²) in [6.07, 6.45) is 9.77. The van der Waals surface area contributed by atoms with Gasteiger partial charge in [-0.05, 0) is 74.5 Å². The number of benzene rings is 1. The Morgan fingerprint density at radius 3 is 2.76 bits per heavy atom. The maximum Gasteiger partial charge on any atom is 0.119 e. The minimum absolute atomic E-state index is 0.724. The number of piperidine rings is 1. The summed E-state index contributed by atoms with van der Waals surface area (Å²) < 4.78 is 5.78. The summed E-state index contributed by atoms with van der Waals surface area (Å²) in [5.74, 6) is 1.63. The minimum Gasteiger partial charge on any atom is -0.494 e. The number of likely N-dealkylation sites (tertiary alicyclic amines) is 1. The molecule has 6 nitrogen and oxygen atoms in total. The first-order chi connectivity index (χ1) is 12.3. The summed E-state index contributed by atoms with van der Waals surface area (Å²) in [7, 11) is 0. The molecular formula is C19H26N4O2. The Kier molecular flexibility index (Phi) is 6.45. The topological polar surface area (TPSA) is 73.7 Å². The first kappa shape index (κ1) is 17.5. The summed E-state index contributed by atoms with van der Waals surface area (Å²) in [4.78, 5) is 9.83. The van der Waals surface area contributed by atoms with Crippen LogP contribution in [0, 0.1) is 5.92 Å². The Hall–Kier alpha value is -2.34. The van der Waals surface area contributed by atoms with Crippen LogP contribution < -0.4 is 4.74 Å². The lowest BCUT2D eigenvalue weighted by Gasteiger charge is -2.31. The molecule has 2 heterocycles. The molecule has 1 saturated heterocycles. The largest absolute Gasteiger partial charge is 0.494 e. The maximum absolute atomic E-state index is 8.50. The van der Waals surface area contributed by atoms with Crippen molar-refractivity contribution in [1.82, 2.24) is 14.9 Å². The Bertz CT molecular complexity index is 632. The third-order valence-corrected chi connectivity index (χ3v) is 4.74. The van der Waals surface area contributed by atoms with E-state index in [1.807, 2.05) is 30.5 Å². The van der Waals surface area contributed by atoms with Crippen molar-refractivity contribution < 1.29 is 9.94 Å². The molecule has 1 aliphatic rings. The average Bonchev–Trinajstić information content (AvgIpc) is 3.15. The fourth-order valence-electron chi connectivity index (χ4n) is 3.32. The number of nitrogens with zero attached hydrogens (tertiary/aromatic N) is 3. The number of H-pyrrole nitrogens is 1. The minimum atomic E-state index is 0.724. The van der Waals surface area contributed by atoms with Crippen molar-refractivity contribution >= 4 is 6.21 Å². The van der Waals surface area contributed by atoms with Crippen LogP contribution >= 0.6 is 0 Å². The lowest BCUT2D eigenvalue weighted by atomic mass is 9.92. The number of aromatic amines is 1. The molecule has 0 radical (unpaired) electrons. The molecule has 0 atom stereocenters. The number of nitrogens with one attached hydrogen (secondary N) is 1. The van der Waals surface area contributed by atoms with Crippen LogP contribution in [0.15, 0.2) is 41.9 Å². The molecule has 0 unspecified atom stereocenters. The van der Waals surface area contributed by atoms with Crippen LogP contribution in [-0.4, -0.2) is 52.5 Å². The number of ether oxygens (including phenoxy) is 1. The standard InChI is InChI=1S/C19H26N4O2/c24-22-13-17-2-4-19(5-3-17)25-11-1-8-23-9-6-16(7-10-23)12-18-14-20-15-21-18/h2-5,13-16,24H,1,6-12H2,(H,20,21)/b22-13+. The molecule has 134 valence electrons. The van der Waals surface area contributed by atoms with Gasteiger partial charge >= 0.3 is 0 Å². The molecule has 25 heavy (non-hydrogen) atoms. The molecule has 2 N–H and O–H groups in total. The molecule has 0 aliphatic carbocycles. The smallest absolute Gasteiger partial charge is 0.119 e. The molecule has 0 saturated carbocycles. The number of oxime groups is 1. The second-order valence-corrected chi connectivity index (χ2v) is 6.58. The normalized spacial score (nSPS) is 16.5. The number of imidazole rings is 1. The molecule has 1 fully saturated rings. The van der Waals surface area contributed by atoms with Crippen LogP contribution in [0.3, 0.4) is 0 Å². The monoisotopic (exact) mass is 342 g/mol. The zero-order chi connectivity index (χ0) is 17.3. The Labute approximate surface area is 148 Å². The van der Waals surface area contributed by atoms with E-state index in [2.05, 4.69) is 20.0 Å². The van der Waals surface area contributed by atoms with Crippen molar-refractivity contribution in [3.63, 3.8) is 0 Å². The van der Waals surface area contributed by atoms with Gasteiger partial charge in [0.25, 0.3) is 0 Å². The van der Waals surface area contributed by atoms with Crippen molar-refractivity contribution in [3.8, 4) is 5.75 Å². The zero-order valence-electron chi connectivity index (χ0n) is 14.5. The molecule has 0 bridgehead atoms. The molecule has 3 rings (SSSR count). The van der Waals surface area contributed by atoms with Crippen molar-refractivity contribution in [2.75, 3.05) is 26.2 Å². The van der Waals surface area contributed by atoms with Crippen molar-refractivity contribution in [2.45, 2.75) is 25.7 Å². The Morgan fingerprint density at radius 2 is 2.08 bits per heavy atom. The average molecular weight is 342 g/mol. The van der Waals surface area contributed by atoms with Crippen LogP contribution in [0.5, 0.6) is 5.75 Å². The predicted molar refractivity (Wildman–Crippen MR) is 97.4 cm³/mol. The number of hydrogen-bond donors (Lipinski definition) is 2. The van der Waals surface area contributed by atoms with Gasteiger partial charge in [-0.15, -0.1) is 0 Å². The van der Waals surface area contributed by atoms with Crippen LogP contribution in [-0.2, 0) is 6.42 Å². The summed E-state index contributed by atoms with van der Waals surface area (Å²) in [6.45, 7) is 4.16. The van der Waals surface area contributed by atoms with Crippen molar-refractivity contribution in [1.29, 1.82) is 0 Å². The second-order valence-electron chi connectivity index (χ2n) is 6.58. The Balaban J connectivity index is 1.29. The summed E-state index contributed by atoms with van der Waals surface area (Å²) in [5, 5.41) is 11.5. The predicted octanol–water partition coefficient (Wildman–Crippen LogP) is 2.94. The van der Waals surface area contributed by atoms with Crippen molar-refractivity contribution in [2.24, 2.45) is 11.1 Å². The van der Waals surface area contributed by atoms with E-state index in [0.29, 0.717) is 0 Å². The highest BCUT2D eigenvalue weighted by Gasteiger charge is 2.19. The van der Waals surface area contributed by atoms with E-state index in [1.165, 1.54) is 37.8 Å². The van der Waals surface area contributed by atoms with E-state index in [0.717, 1.165) is 43.2 Å². The quantitative estimate of drug-likeness (QED) is 0.335. The third kappa shape index (κ3) is 5.60. The molecular weight excluding hydrogens is 316 g/mol. The second kappa shape index (κ2) is 9.22. The molecule has 1 aromatic carbocycles. The highest BCUT2D eigenvalue weighted by molar-refractivity contribution is 5.79. The van der Waals surface area contributed by atoms with E-state index in [9.17, 15) is 0 Å².